The molecule has 4 aromatic heterocycles. The smallest absolute Gasteiger partial charge is 0.259 e. The van der Waals surface area contributed by atoms with E-state index in [1.54, 1.807) is 97.4 Å². The number of aromatic nitrogens is 8. The summed E-state index contributed by atoms with van der Waals surface area (Å²) in [5, 5.41) is 46.7. The third kappa shape index (κ3) is 29.8. The standard InChI is InChI=1S/C43H42N6O9S2.C22H24N6O7S2.C21H19ClO2.C9H18ClN2OP.2C5H11NO/c1-54-32-17-13-30(14-18-32)43(29-11-7-4-8-12-29,31-15-19-33(55-2)20-16-31)56-25-34-36(50)37(58-42(59)48-21-23-60(52,53)24-22-48)41(57-34)49-27-46-35-38(44-26-45-39(35)49)47-40(51)28-9-5-3-6-10-28;29-10-14-16(30)17(35-22(36)27-6-8-37(32,33)9-7-27)21(34-14)28-12-25-15-18(23-11-24-19(15)28)26-20(31)13-4-2-1-3-5-13;1-23-19-12-8-17(9-13-19)21(22,16-6-4-3-5-7-16)18-10-14-20(24-2)15-11-18;1-8(2)12(9(3)4)14(10)13-7-5-6-11;2*1-6-2-4-7-5-3-6/h3-20,26-27,34,36-37,41,50H,21-25H2,1-2H3,(H,44,45,47,51);1-5,11-12,14,16-17,21,29-30H,6-10H2,(H,23,24,26,31);3-15H,1-2H3;8-9H,5,7H2,1-4H3;2*2-5H2,1H3/t34-,36?,37+,41-;14-,16?,17+,21-;;;;/m11..../s1. The molecular weight excluding hydrogens is 2050 g/mol. The van der Waals surface area contributed by atoms with Gasteiger partial charge in [0.25, 0.3) is 22.2 Å². The summed E-state index contributed by atoms with van der Waals surface area (Å²) in [4.78, 5) is 58.9. The number of hydrogen-bond donors (Lipinski definition) is 5. The Morgan fingerprint density at radius 3 is 1.18 bits per heavy atom. The number of fused-ring (bicyclic) bond motifs is 2. The van der Waals surface area contributed by atoms with Crippen molar-refractivity contribution in [2.24, 2.45) is 0 Å². The number of carbonyl (C=O) groups excluding carboxylic acids is 2. The van der Waals surface area contributed by atoms with Crippen molar-refractivity contribution in [3.8, 4) is 29.1 Å². The first kappa shape index (κ1) is 114. The third-order valence-electron chi connectivity index (χ3n) is 25.2. The van der Waals surface area contributed by atoms with Gasteiger partial charge >= 0.3 is 0 Å². The minimum absolute atomic E-state index is 0.00840. The molecule has 8 aromatic carbocycles. The Labute approximate surface area is 889 Å². The van der Waals surface area contributed by atoms with Crippen LogP contribution in [0.3, 0.4) is 0 Å². The lowest BCUT2D eigenvalue weighted by atomic mass is 9.80. The molecule has 0 radical (unpaired) electrons. The van der Waals surface area contributed by atoms with Gasteiger partial charge in [-0.2, -0.15) is 5.26 Å². The number of alkyl halides is 1. The van der Waals surface area contributed by atoms with Gasteiger partial charge in [-0.05, 0) is 184 Å². The molecule has 2 amide bonds. The molecule has 9 atom stereocenters. The highest BCUT2D eigenvalue weighted by atomic mass is 35.7. The van der Waals surface area contributed by atoms with Crippen molar-refractivity contribution in [1.82, 2.24) is 63.3 Å². The second-order valence-corrected chi connectivity index (χ2v) is 43.6. The number of ether oxygens (including phenoxy) is 11. The van der Waals surface area contributed by atoms with Crippen LogP contribution < -0.4 is 29.6 Å². The first-order valence-electron chi connectivity index (χ1n) is 48.3. The van der Waals surface area contributed by atoms with E-state index in [4.69, 9.17) is 109 Å². The number of nitrogens with zero attached hydrogens (tertiary/aromatic N) is 14. The van der Waals surface area contributed by atoms with E-state index in [2.05, 4.69) is 96.8 Å². The average Bonchev–Trinajstić information content (AvgIpc) is 1.57. The van der Waals surface area contributed by atoms with Gasteiger partial charge in [0.1, 0.15) is 70.5 Å². The Morgan fingerprint density at radius 1 is 0.503 bits per heavy atom. The second kappa shape index (κ2) is 54.8. The van der Waals surface area contributed by atoms with E-state index in [-0.39, 0.29) is 112 Å². The number of likely N-dealkylation sites (N-methyl/N-ethyl adjacent to an activating group) is 2. The fraction of sp³-hybridized carbons (Fsp3) is 0.400. The van der Waals surface area contributed by atoms with Crippen molar-refractivity contribution in [1.29, 1.82) is 5.26 Å². The van der Waals surface area contributed by atoms with Crippen molar-refractivity contribution in [3.05, 3.63) is 288 Å². The number of halogens is 2. The highest BCUT2D eigenvalue weighted by molar-refractivity contribution is 7.91. The third-order valence-corrected chi connectivity index (χ3v) is 32.3. The molecule has 18 rings (SSSR count). The maximum absolute atomic E-state index is 13.1. The largest absolute Gasteiger partial charge is 0.497 e. The van der Waals surface area contributed by atoms with Crippen molar-refractivity contribution >= 4 is 131 Å². The van der Waals surface area contributed by atoms with Gasteiger partial charge in [0.05, 0.1) is 123 Å². The van der Waals surface area contributed by atoms with E-state index in [0.29, 0.717) is 47.7 Å². The second-order valence-electron chi connectivity index (χ2n) is 35.7. The van der Waals surface area contributed by atoms with Crippen molar-refractivity contribution in [2.75, 3.05) is 175 Å². The molecule has 0 bridgehead atoms. The summed E-state index contributed by atoms with van der Waals surface area (Å²) < 4.78 is 122. The quantitative estimate of drug-likeness (QED) is 0.00999. The molecule has 5 N–H and O–H groups in total. The minimum atomic E-state index is -3.21. The molecule has 3 unspecified atom stereocenters. The molecule has 44 heteroatoms. The number of aliphatic hydroxyl groups is 3. The lowest BCUT2D eigenvalue weighted by Gasteiger charge is -2.37. The highest BCUT2D eigenvalue weighted by Crippen LogP contribution is 2.50. The van der Waals surface area contributed by atoms with Crippen LogP contribution in [0.2, 0.25) is 0 Å². The van der Waals surface area contributed by atoms with Crippen LogP contribution in [0.25, 0.3) is 22.3 Å². The van der Waals surface area contributed by atoms with Gasteiger partial charge < -0.3 is 102 Å². The Morgan fingerprint density at radius 2 is 0.839 bits per heavy atom. The summed E-state index contributed by atoms with van der Waals surface area (Å²) in [6.45, 7) is 16.8. The Balaban J connectivity index is 0.000000175. The van der Waals surface area contributed by atoms with E-state index >= 15 is 0 Å². The van der Waals surface area contributed by atoms with Crippen LogP contribution in [0, 0.1) is 11.3 Å². The number of aliphatic hydroxyl groups excluding tert-OH is 3. The number of imidazole rings is 2. The molecule has 6 fully saturated rings. The van der Waals surface area contributed by atoms with Crippen molar-refractivity contribution in [3.63, 3.8) is 0 Å². The lowest BCUT2D eigenvalue weighted by molar-refractivity contribution is -0.0941. The Kier molecular flexibility index (Phi) is 42.1. The van der Waals surface area contributed by atoms with Gasteiger partial charge in [-0.15, -0.1) is 11.6 Å². The van der Waals surface area contributed by atoms with Gasteiger partial charge in [0.2, 0.25) is 7.65 Å². The fourth-order valence-corrected chi connectivity index (χ4v) is 22.7. The van der Waals surface area contributed by atoms with Crippen LogP contribution in [0.4, 0.5) is 11.6 Å². The molecule has 149 heavy (non-hydrogen) atoms. The molecule has 12 aromatic rings. The molecule has 6 aliphatic heterocycles. The Hall–Kier alpha value is -11.7. The summed E-state index contributed by atoms with van der Waals surface area (Å²) >= 11 is 24.5. The Bertz CT molecular complexity index is 6440. The van der Waals surface area contributed by atoms with Gasteiger partial charge in [-0.1, -0.05) is 146 Å². The zero-order valence-corrected chi connectivity index (χ0v) is 90.0. The number of rotatable bonds is 28. The molecule has 0 aliphatic carbocycles. The number of nitrogens with one attached hydrogen (secondary N) is 2. The van der Waals surface area contributed by atoms with Crippen LogP contribution in [-0.2, 0) is 67.8 Å². The average molecular weight is 2180 g/mol. The van der Waals surface area contributed by atoms with E-state index < -0.39 is 93.5 Å². The molecule has 0 spiro atoms. The number of hydrogen-bond acceptors (Lipinski definition) is 33. The molecule has 37 nitrogen and oxygen atoms in total. The van der Waals surface area contributed by atoms with E-state index in [1.807, 2.05) is 170 Å². The number of anilines is 2. The predicted octanol–water partition coefficient (Wildman–Crippen LogP) is 13.1. The molecule has 6 aliphatic rings. The monoisotopic (exact) mass is 2170 g/mol. The molecule has 794 valence electrons. The number of morpholine rings is 2. The number of methoxy groups -OCH3 is 4. The highest BCUT2D eigenvalue weighted by Gasteiger charge is 2.52. The molecule has 0 saturated carbocycles. The topological polar surface area (TPSA) is 425 Å². The number of benzene rings is 8. The van der Waals surface area contributed by atoms with Crippen molar-refractivity contribution in [2.45, 2.75) is 106 Å². The number of sulfone groups is 2. The number of carbonyl (C=O) groups is 2. The number of thiocarbonyl (C=S) groups is 2. The van der Waals surface area contributed by atoms with Gasteiger partial charge in [-0.25, -0.2) is 51.4 Å². The lowest BCUT2D eigenvalue weighted by Crippen LogP contribution is -2.47. The summed E-state index contributed by atoms with van der Waals surface area (Å²) in [6, 6.07) is 70.7. The normalized spacial score (nSPS) is 19.8. The molecule has 6 saturated heterocycles. The van der Waals surface area contributed by atoms with Gasteiger partial charge in [0, 0.05) is 75.6 Å². The summed E-state index contributed by atoms with van der Waals surface area (Å²) in [5.41, 5.74) is 6.11. The number of nitriles is 1. The van der Waals surface area contributed by atoms with Crippen molar-refractivity contribution < 1.29 is 98.4 Å². The van der Waals surface area contributed by atoms with Crippen LogP contribution in [0.5, 0.6) is 23.0 Å². The zero-order valence-electron chi connectivity index (χ0n) is 84.3. The maximum atomic E-state index is 13.1. The summed E-state index contributed by atoms with van der Waals surface area (Å²) in [5.74, 6) is 2.24. The fourth-order valence-electron chi connectivity index (χ4n) is 17.0. The predicted molar refractivity (Wildman–Crippen MR) is 576 cm³/mol. The van der Waals surface area contributed by atoms with Crippen LogP contribution in [0.1, 0.15) is 101 Å². The first-order chi connectivity index (χ1) is 71.8. The van der Waals surface area contributed by atoms with Crippen LogP contribution in [-0.4, -0.2) is 330 Å². The minimum Gasteiger partial charge on any atom is -0.497 e. The first-order valence-corrected chi connectivity index (χ1v) is 55.3. The molecule has 10 heterocycles. The zero-order chi connectivity index (χ0) is 106. The van der Waals surface area contributed by atoms with E-state index in [9.17, 15) is 41.7 Å². The van der Waals surface area contributed by atoms with E-state index in [0.717, 1.165) is 97.5 Å². The van der Waals surface area contributed by atoms with Gasteiger partial charge in [-0.3, -0.25) is 18.7 Å². The summed E-state index contributed by atoms with van der Waals surface area (Å²) in [6.07, 6.45) is -3.03. The SMILES string of the molecule is CC(C)N(C(C)C)P(Cl)OCCC#N.CN1CCOCC1.CN1CCOCC1.COc1ccc(C(Cl)(c2ccccc2)c2ccc(OC)cc2)cc1.COc1ccc(C(OC[C@H]2O[C@@H](n3cnc4c(NC(=O)c5ccccc5)ncnc43)[C@@H](OC(=S)N3CCS(=O)(=O)CC3)C2O)(c2ccccc2)c2ccc(OC)cc2)cc1.O=C(Nc1ncnc2c1ncn2[C@@H]1O[C@H](CO)C(O)[C@@H]1OC(=S)N1CCS(=O)(=O)CC1)c1ccccc1. The molecular formula is C105H125Cl2N16O21PS4. The van der Waals surface area contributed by atoms with E-state index in [1.165, 1.54) is 29.9 Å². The van der Waals surface area contributed by atoms with Gasteiger partial charge in [0.15, 0.2) is 78.3 Å². The number of amides is 2. The van der Waals surface area contributed by atoms with Crippen LogP contribution in [0.15, 0.2) is 244 Å². The maximum Gasteiger partial charge on any atom is 0.259 e. The summed E-state index contributed by atoms with van der Waals surface area (Å²) in [7, 11) is 3.33. The van der Waals surface area contributed by atoms with Crippen LogP contribution >= 0.6 is 54.9 Å².